The van der Waals surface area contributed by atoms with Crippen molar-refractivity contribution in [3.63, 3.8) is 0 Å². The third-order valence-corrected chi connectivity index (χ3v) is 5.31. The lowest BCUT2D eigenvalue weighted by Crippen LogP contribution is -2.38. The second-order valence-corrected chi connectivity index (χ2v) is 7.64. The SMILES string of the molecule is CCOc1cccc(CNC(=NC)NCCCCN2CCC(C)CC2)c1OC(F)F. The van der Waals surface area contributed by atoms with Gasteiger partial charge in [-0.25, -0.2) is 0 Å². The first-order valence-electron chi connectivity index (χ1n) is 10.9. The number of guanidine groups is 1. The van der Waals surface area contributed by atoms with E-state index >= 15 is 0 Å². The molecule has 2 rings (SSSR count). The van der Waals surface area contributed by atoms with Crippen LogP contribution in [0.15, 0.2) is 23.2 Å². The number of para-hydroxylation sites is 1. The van der Waals surface area contributed by atoms with Crippen LogP contribution in [0.3, 0.4) is 0 Å². The van der Waals surface area contributed by atoms with E-state index in [1.165, 1.54) is 25.9 Å². The van der Waals surface area contributed by atoms with E-state index in [4.69, 9.17) is 9.47 Å². The molecule has 0 atom stereocenters. The lowest BCUT2D eigenvalue weighted by atomic mass is 9.99. The van der Waals surface area contributed by atoms with Crippen LogP contribution >= 0.6 is 0 Å². The highest BCUT2D eigenvalue weighted by Gasteiger charge is 2.16. The number of alkyl halides is 2. The Morgan fingerprint density at radius 1 is 1.23 bits per heavy atom. The second-order valence-electron chi connectivity index (χ2n) is 7.64. The Balaban J connectivity index is 1.76. The number of nitrogens with one attached hydrogen (secondary N) is 2. The minimum Gasteiger partial charge on any atom is -0.490 e. The molecule has 30 heavy (non-hydrogen) atoms. The Bertz CT molecular complexity index is 650. The van der Waals surface area contributed by atoms with Crippen molar-refractivity contribution in [3.8, 4) is 11.5 Å². The van der Waals surface area contributed by atoms with E-state index in [0.29, 0.717) is 30.4 Å². The molecule has 8 heteroatoms. The van der Waals surface area contributed by atoms with Crippen LogP contribution < -0.4 is 20.1 Å². The summed E-state index contributed by atoms with van der Waals surface area (Å²) in [5.41, 5.74) is 0.587. The molecule has 0 amide bonds. The molecule has 170 valence electrons. The maximum absolute atomic E-state index is 12.8. The Labute approximate surface area is 179 Å². The number of aliphatic imine (C=N–C) groups is 1. The quantitative estimate of drug-likeness (QED) is 0.320. The maximum atomic E-state index is 12.8. The van der Waals surface area contributed by atoms with Gasteiger partial charge < -0.3 is 25.0 Å². The Morgan fingerprint density at radius 2 is 2.00 bits per heavy atom. The molecule has 1 aliphatic heterocycles. The molecule has 0 bridgehead atoms. The number of ether oxygens (including phenoxy) is 2. The number of rotatable bonds is 11. The van der Waals surface area contributed by atoms with Crippen molar-refractivity contribution in [1.82, 2.24) is 15.5 Å². The molecular formula is C22H36F2N4O2. The lowest BCUT2D eigenvalue weighted by molar-refractivity contribution is -0.0520. The van der Waals surface area contributed by atoms with Gasteiger partial charge in [0.15, 0.2) is 17.5 Å². The first-order valence-corrected chi connectivity index (χ1v) is 10.9. The molecule has 1 fully saturated rings. The largest absolute Gasteiger partial charge is 0.490 e. The van der Waals surface area contributed by atoms with Crippen LogP contribution in [-0.2, 0) is 6.54 Å². The van der Waals surface area contributed by atoms with Gasteiger partial charge in [0.05, 0.1) is 6.61 Å². The van der Waals surface area contributed by atoms with Gasteiger partial charge >= 0.3 is 6.61 Å². The minimum atomic E-state index is -2.91. The molecule has 1 heterocycles. The van der Waals surface area contributed by atoms with Gasteiger partial charge in [0.2, 0.25) is 0 Å². The number of hydrogen-bond acceptors (Lipinski definition) is 4. The predicted octanol–water partition coefficient (Wildman–Crippen LogP) is 3.86. The molecule has 0 radical (unpaired) electrons. The zero-order chi connectivity index (χ0) is 21.8. The van der Waals surface area contributed by atoms with Crippen molar-refractivity contribution in [3.05, 3.63) is 23.8 Å². The summed E-state index contributed by atoms with van der Waals surface area (Å²) in [6, 6.07) is 5.12. The minimum absolute atomic E-state index is 0.0631. The van der Waals surface area contributed by atoms with E-state index in [0.717, 1.165) is 31.8 Å². The van der Waals surface area contributed by atoms with Crippen molar-refractivity contribution in [1.29, 1.82) is 0 Å². The van der Waals surface area contributed by atoms with Crippen LogP contribution in [0.1, 0.15) is 45.1 Å². The number of unbranched alkanes of at least 4 members (excludes halogenated alkanes) is 1. The molecule has 1 aromatic carbocycles. The van der Waals surface area contributed by atoms with E-state index < -0.39 is 6.61 Å². The van der Waals surface area contributed by atoms with E-state index in [9.17, 15) is 8.78 Å². The summed E-state index contributed by atoms with van der Waals surface area (Å²) in [4.78, 5) is 6.76. The van der Waals surface area contributed by atoms with Gasteiger partial charge in [0.25, 0.3) is 0 Å². The summed E-state index contributed by atoms with van der Waals surface area (Å²) in [5.74, 6) is 1.87. The van der Waals surface area contributed by atoms with Crippen molar-refractivity contribution >= 4 is 5.96 Å². The van der Waals surface area contributed by atoms with Gasteiger partial charge in [-0.15, -0.1) is 0 Å². The Kier molecular flexibility index (Phi) is 10.7. The van der Waals surface area contributed by atoms with Gasteiger partial charge in [-0.3, -0.25) is 4.99 Å². The first kappa shape index (κ1) is 24.2. The topological polar surface area (TPSA) is 58.1 Å². The standard InChI is InChI=1S/C22H36F2N4O2/c1-4-29-19-9-7-8-18(20(19)30-21(23)24)16-27-22(25-3)26-12-5-6-13-28-14-10-17(2)11-15-28/h7-9,17,21H,4-6,10-16H2,1-3H3,(H2,25,26,27). The Morgan fingerprint density at radius 3 is 2.67 bits per heavy atom. The fourth-order valence-electron chi connectivity index (χ4n) is 3.54. The number of benzene rings is 1. The summed E-state index contributed by atoms with van der Waals surface area (Å²) in [6.45, 7) is 6.26. The molecule has 0 unspecified atom stereocenters. The Hall–Kier alpha value is -2.09. The van der Waals surface area contributed by atoms with Crippen LogP contribution in [0.4, 0.5) is 8.78 Å². The van der Waals surface area contributed by atoms with E-state index in [1.807, 2.05) is 0 Å². The molecule has 0 spiro atoms. The van der Waals surface area contributed by atoms with E-state index in [1.54, 1.807) is 32.2 Å². The summed E-state index contributed by atoms with van der Waals surface area (Å²) < 4.78 is 35.8. The smallest absolute Gasteiger partial charge is 0.387 e. The molecule has 1 aromatic rings. The van der Waals surface area contributed by atoms with Gasteiger partial charge in [-0.05, 0) is 64.2 Å². The molecule has 1 aliphatic rings. The van der Waals surface area contributed by atoms with Crippen molar-refractivity contribution in [2.45, 2.75) is 52.7 Å². The molecule has 0 saturated carbocycles. The number of halogens is 2. The highest BCUT2D eigenvalue weighted by atomic mass is 19.3. The summed E-state index contributed by atoms with van der Waals surface area (Å²) in [7, 11) is 1.69. The van der Waals surface area contributed by atoms with Crippen molar-refractivity contribution in [2.75, 3.05) is 39.8 Å². The van der Waals surface area contributed by atoms with Crippen molar-refractivity contribution in [2.24, 2.45) is 10.9 Å². The van der Waals surface area contributed by atoms with Crippen molar-refractivity contribution < 1.29 is 18.3 Å². The molecule has 1 saturated heterocycles. The average Bonchev–Trinajstić information content (AvgIpc) is 2.73. The number of likely N-dealkylation sites (tertiary alicyclic amines) is 1. The van der Waals surface area contributed by atoms with E-state index in [2.05, 4.69) is 27.4 Å². The molecule has 0 aliphatic carbocycles. The number of hydrogen-bond donors (Lipinski definition) is 2. The van der Waals surface area contributed by atoms with Crippen LogP contribution in [0.25, 0.3) is 0 Å². The zero-order valence-electron chi connectivity index (χ0n) is 18.4. The normalized spacial score (nSPS) is 16.0. The third-order valence-electron chi connectivity index (χ3n) is 5.31. The number of piperidine rings is 1. The van der Waals surface area contributed by atoms with Gasteiger partial charge in [0, 0.05) is 25.7 Å². The lowest BCUT2D eigenvalue weighted by Gasteiger charge is -2.30. The predicted molar refractivity (Wildman–Crippen MR) is 117 cm³/mol. The fraction of sp³-hybridized carbons (Fsp3) is 0.682. The molecular weight excluding hydrogens is 390 g/mol. The summed E-state index contributed by atoms with van der Waals surface area (Å²) in [5, 5.41) is 6.45. The first-order chi connectivity index (χ1) is 14.5. The molecule has 6 nitrogen and oxygen atoms in total. The summed E-state index contributed by atoms with van der Waals surface area (Å²) in [6.07, 6.45) is 4.79. The van der Waals surface area contributed by atoms with E-state index in [-0.39, 0.29) is 5.75 Å². The molecule has 2 N–H and O–H groups in total. The average molecular weight is 427 g/mol. The van der Waals surface area contributed by atoms with Crippen LogP contribution in [0.5, 0.6) is 11.5 Å². The van der Waals surface area contributed by atoms with Crippen LogP contribution in [-0.4, -0.2) is 57.3 Å². The monoisotopic (exact) mass is 426 g/mol. The van der Waals surface area contributed by atoms with Gasteiger partial charge in [-0.2, -0.15) is 8.78 Å². The highest BCUT2D eigenvalue weighted by Crippen LogP contribution is 2.32. The molecule has 0 aromatic heterocycles. The fourth-order valence-corrected chi connectivity index (χ4v) is 3.54. The summed E-state index contributed by atoms with van der Waals surface area (Å²) >= 11 is 0. The van der Waals surface area contributed by atoms with Crippen LogP contribution in [0.2, 0.25) is 0 Å². The maximum Gasteiger partial charge on any atom is 0.387 e. The zero-order valence-corrected chi connectivity index (χ0v) is 18.4. The number of nitrogens with zero attached hydrogens (tertiary/aromatic N) is 2. The highest BCUT2D eigenvalue weighted by molar-refractivity contribution is 5.79. The van der Waals surface area contributed by atoms with Crippen LogP contribution in [0, 0.1) is 5.92 Å². The second kappa shape index (κ2) is 13.3. The third kappa shape index (κ3) is 8.34. The van der Waals surface area contributed by atoms with Gasteiger partial charge in [-0.1, -0.05) is 19.1 Å². The van der Waals surface area contributed by atoms with Gasteiger partial charge in [0.1, 0.15) is 0 Å².